The molecule has 0 fully saturated rings. The molecule has 2 heterocycles. The van der Waals surface area contributed by atoms with Crippen molar-refractivity contribution in [2.24, 2.45) is 5.10 Å². The van der Waals surface area contributed by atoms with Gasteiger partial charge in [-0.05, 0) is 42.5 Å². The molecule has 1 amide bonds. The van der Waals surface area contributed by atoms with Gasteiger partial charge in [0, 0.05) is 16.8 Å². The molecule has 0 atom stereocenters. The Balaban J connectivity index is 1.58. The van der Waals surface area contributed by atoms with Crippen LogP contribution in [0.2, 0.25) is 5.02 Å². The summed E-state index contributed by atoms with van der Waals surface area (Å²) >= 11 is 5.85. The molecule has 6 nitrogen and oxygen atoms in total. The second kappa shape index (κ2) is 7.43. The van der Waals surface area contributed by atoms with E-state index in [0.717, 1.165) is 5.56 Å². The molecule has 3 rings (SSSR count). The molecule has 2 N–H and O–H groups in total. The van der Waals surface area contributed by atoms with E-state index in [2.05, 4.69) is 20.7 Å². The van der Waals surface area contributed by atoms with E-state index in [-0.39, 0.29) is 5.91 Å². The van der Waals surface area contributed by atoms with Crippen LogP contribution in [0.3, 0.4) is 0 Å². The van der Waals surface area contributed by atoms with E-state index in [1.807, 2.05) is 18.2 Å². The summed E-state index contributed by atoms with van der Waals surface area (Å²) in [6.45, 7) is 0. The molecule has 24 heavy (non-hydrogen) atoms. The molecule has 7 heteroatoms. The number of carbonyl (C=O) groups is 1. The lowest BCUT2D eigenvalue weighted by Gasteiger charge is -1.95. The number of aromatic nitrogens is 2. The zero-order valence-corrected chi connectivity index (χ0v) is 13.2. The fraction of sp³-hybridized carbons (Fsp3) is 0. The van der Waals surface area contributed by atoms with Gasteiger partial charge in [0.05, 0.1) is 12.0 Å². The lowest BCUT2D eigenvalue weighted by molar-refractivity contribution is 0.0950. The highest BCUT2D eigenvalue weighted by molar-refractivity contribution is 6.30. The summed E-state index contributed by atoms with van der Waals surface area (Å²) in [4.78, 5) is 12.0. The van der Waals surface area contributed by atoms with E-state index in [1.165, 1.54) is 6.21 Å². The molecule has 0 aliphatic heterocycles. The number of carbonyl (C=O) groups excluding carboxylic acids is 1. The average molecular weight is 341 g/mol. The van der Waals surface area contributed by atoms with Gasteiger partial charge in [-0.1, -0.05) is 23.7 Å². The van der Waals surface area contributed by atoms with E-state index in [9.17, 15) is 4.79 Å². The predicted octanol–water partition coefficient (Wildman–Crippen LogP) is 3.75. The van der Waals surface area contributed by atoms with Crippen molar-refractivity contribution in [1.29, 1.82) is 0 Å². The van der Waals surface area contributed by atoms with Crippen molar-refractivity contribution in [3.63, 3.8) is 0 Å². The number of nitrogens with one attached hydrogen (secondary N) is 2. The molecular formula is C17H13ClN4O2. The molecule has 0 aliphatic carbocycles. The number of amides is 1. The largest absolute Gasteiger partial charge is 0.465 e. The van der Waals surface area contributed by atoms with Crippen LogP contribution in [0, 0.1) is 0 Å². The van der Waals surface area contributed by atoms with Crippen molar-refractivity contribution < 1.29 is 9.21 Å². The van der Waals surface area contributed by atoms with E-state index in [4.69, 9.17) is 16.0 Å². The van der Waals surface area contributed by atoms with Crippen molar-refractivity contribution in [3.8, 4) is 11.3 Å². The minimum Gasteiger partial charge on any atom is -0.465 e. The van der Waals surface area contributed by atoms with Crippen molar-refractivity contribution >= 4 is 29.8 Å². The van der Waals surface area contributed by atoms with Crippen LogP contribution in [0.5, 0.6) is 0 Å². The summed E-state index contributed by atoms with van der Waals surface area (Å²) in [6.07, 6.45) is 6.42. The number of furan rings is 1. The minimum atomic E-state index is -0.384. The van der Waals surface area contributed by atoms with E-state index >= 15 is 0 Å². The maximum absolute atomic E-state index is 12.0. The van der Waals surface area contributed by atoms with Crippen LogP contribution < -0.4 is 5.43 Å². The molecule has 0 bridgehead atoms. The van der Waals surface area contributed by atoms with E-state index in [1.54, 1.807) is 42.7 Å². The fourth-order valence-corrected chi connectivity index (χ4v) is 2.06. The summed E-state index contributed by atoms with van der Waals surface area (Å²) in [7, 11) is 0. The first kappa shape index (κ1) is 15.8. The van der Waals surface area contributed by atoms with E-state index < -0.39 is 0 Å². The van der Waals surface area contributed by atoms with Gasteiger partial charge < -0.3 is 4.42 Å². The zero-order chi connectivity index (χ0) is 16.8. The molecule has 0 aliphatic rings. The van der Waals surface area contributed by atoms with Crippen LogP contribution >= 0.6 is 11.6 Å². The molecule has 0 radical (unpaired) electrons. The first-order valence-electron chi connectivity index (χ1n) is 7.07. The first-order valence-corrected chi connectivity index (χ1v) is 7.45. The Bertz CT molecular complexity index is 864. The second-order valence-corrected chi connectivity index (χ2v) is 5.20. The van der Waals surface area contributed by atoms with Crippen LogP contribution in [0.25, 0.3) is 17.3 Å². The third-order valence-corrected chi connectivity index (χ3v) is 3.34. The van der Waals surface area contributed by atoms with Crippen molar-refractivity contribution in [3.05, 3.63) is 71.3 Å². The summed E-state index contributed by atoms with van der Waals surface area (Å²) in [6, 6.07) is 12.4. The minimum absolute atomic E-state index is 0.312. The number of hydrogen-bond acceptors (Lipinski definition) is 4. The average Bonchev–Trinajstić information content (AvgIpc) is 3.27. The van der Waals surface area contributed by atoms with Crippen LogP contribution in [-0.2, 0) is 0 Å². The number of H-pyrrole nitrogens is 1. The summed E-state index contributed by atoms with van der Waals surface area (Å²) in [5.41, 5.74) is 4.23. The van der Waals surface area contributed by atoms with Gasteiger partial charge in [0.15, 0.2) is 0 Å². The number of nitrogens with zero attached hydrogens (tertiary/aromatic N) is 2. The Labute approximate surface area is 142 Å². The van der Waals surface area contributed by atoms with Gasteiger partial charge in [0.2, 0.25) is 0 Å². The Morgan fingerprint density at radius 1 is 1.29 bits per heavy atom. The third kappa shape index (κ3) is 3.99. The molecular weight excluding hydrogens is 328 g/mol. The molecule has 0 saturated carbocycles. The maximum atomic E-state index is 12.0. The molecule has 0 spiro atoms. The maximum Gasteiger partial charge on any atom is 0.289 e. The quantitative estimate of drug-likeness (QED) is 0.548. The first-order chi connectivity index (χ1) is 11.7. The molecule has 0 saturated heterocycles. The highest BCUT2D eigenvalue weighted by Crippen LogP contribution is 2.20. The van der Waals surface area contributed by atoms with Crippen LogP contribution in [-0.4, -0.2) is 22.3 Å². The van der Waals surface area contributed by atoms with E-state index in [0.29, 0.717) is 22.2 Å². The van der Waals surface area contributed by atoms with Gasteiger partial charge in [0.25, 0.3) is 5.91 Å². The molecule has 1 aromatic carbocycles. The topological polar surface area (TPSA) is 83.3 Å². The van der Waals surface area contributed by atoms with Gasteiger partial charge in [-0.3, -0.25) is 9.89 Å². The predicted molar refractivity (Wildman–Crippen MR) is 92.7 cm³/mol. The smallest absolute Gasteiger partial charge is 0.289 e. The van der Waals surface area contributed by atoms with Gasteiger partial charge in [-0.2, -0.15) is 10.2 Å². The third-order valence-electron chi connectivity index (χ3n) is 3.09. The number of hydrazone groups is 1. The highest BCUT2D eigenvalue weighted by atomic mass is 35.5. The van der Waals surface area contributed by atoms with Crippen LogP contribution in [0.15, 0.2) is 64.3 Å². The Kier molecular flexibility index (Phi) is 4.88. The Hall–Kier alpha value is -3.12. The molecule has 3 aromatic rings. The van der Waals surface area contributed by atoms with Gasteiger partial charge in [-0.15, -0.1) is 0 Å². The number of allylic oxidation sites excluding steroid dienone is 1. The van der Waals surface area contributed by atoms with Gasteiger partial charge in [0.1, 0.15) is 11.5 Å². The van der Waals surface area contributed by atoms with Gasteiger partial charge >= 0.3 is 0 Å². The van der Waals surface area contributed by atoms with Crippen LogP contribution in [0.1, 0.15) is 16.2 Å². The highest BCUT2D eigenvalue weighted by Gasteiger charge is 2.10. The van der Waals surface area contributed by atoms with Crippen molar-refractivity contribution in [1.82, 2.24) is 15.6 Å². The SMILES string of the molecule is O=C(NN=CC=Cc1ccco1)c1cc(-c2ccc(Cl)cc2)n[nH]1. The number of benzene rings is 1. The summed E-state index contributed by atoms with van der Waals surface area (Å²) in [5.74, 6) is 0.319. The Morgan fingerprint density at radius 3 is 2.88 bits per heavy atom. The standard InChI is InChI=1S/C17H13ClN4O2/c18-13-7-5-12(6-8-13)15-11-16(21-20-15)17(23)22-19-9-1-3-14-4-2-10-24-14/h1-11H,(H,20,21)(H,22,23). The summed E-state index contributed by atoms with van der Waals surface area (Å²) in [5, 5.41) is 11.3. The lowest BCUT2D eigenvalue weighted by atomic mass is 10.1. The second-order valence-electron chi connectivity index (χ2n) is 4.77. The number of halogens is 1. The zero-order valence-electron chi connectivity index (χ0n) is 12.4. The lowest BCUT2D eigenvalue weighted by Crippen LogP contribution is -2.17. The molecule has 0 unspecified atom stereocenters. The van der Waals surface area contributed by atoms with Crippen molar-refractivity contribution in [2.45, 2.75) is 0 Å². The Morgan fingerprint density at radius 2 is 2.12 bits per heavy atom. The number of aromatic amines is 1. The monoisotopic (exact) mass is 340 g/mol. The number of hydrogen-bond donors (Lipinski definition) is 2. The normalized spacial score (nSPS) is 11.4. The number of rotatable bonds is 5. The van der Waals surface area contributed by atoms with Crippen LogP contribution in [0.4, 0.5) is 0 Å². The molecule has 120 valence electrons. The van der Waals surface area contributed by atoms with Gasteiger partial charge in [-0.25, -0.2) is 5.43 Å². The fourth-order valence-electron chi connectivity index (χ4n) is 1.93. The molecule has 2 aromatic heterocycles. The van der Waals surface area contributed by atoms with Crippen molar-refractivity contribution in [2.75, 3.05) is 0 Å². The summed E-state index contributed by atoms with van der Waals surface area (Å²) < 4.78 is 5.13.